The molecule has 0 bridgehead atoms. The number of hydrogen-bond acceptors (Lipinski definition) is 6. The first-order valence-electron chi connectivity index (χ1n) is 9.62. The summed E-state index contributed by atoms with van der Waals surface area (Å²) in [6, 6.07) is 8.93. The highest BCUT2D eigenvalue weighted by molar-refractivity contribution is 6.06. The van der Waals surface area contributed by atoms with Crippen molar-refractivity contribution in [2.24, 2.45) is 0 Å². The number of amides is 1. The highest BCUT2D eigenvalue weighted by Crippen LogP contribution is 2.32. The van der Waals surface area contributed by atoms with Gasteiger partial charge in [-0.25, -0.2) is 4.79 Å². The first-order valence-corrected chi connectivity index (χ1v) is 9.62. The van der Waals surface area contributed by atoms with Gasteiger partial charge in [0.15, 0.2) is 6.61 Å². The van der Waals surface area contributed by atoms with Crippen LogP contribution in [0.4, 0.5) is 0 Å². The average Bonchev–Trinajstić information content (AvgIpc) is 3.26. The summed E-state index contributed by atoms with van der Waals surface area (Å²) in [6.45, 7) is 2.93. The lowest BCUT2D eigenvalue weighted by Crippen LogP contribution is -2.35. The zero-order valence-corrected chi connectivity index (χ0v) is 16.4. The van der Waals surface area contributed by atoms with E-state index in [0.717, 1.165) is 30.2 Å². The summed E-state index contributed by atoms with van der Waals surface area (Å²) in [7, 11) is 1.55. The Bertz CT molecular complexity index is 1110. The molecule has 2 aromatic carbocycles. The molecule has 7 nitrogen and oxygen atoms in total. The number of aryl methyl sites for hydroxylation is 1. The number of ether oxygens (including phenoxy) is 3. The summed E-state index contributed by atoms with van der Waals surface area (Å²) in [6.07, 6.45) is 2.08. The fraction of sp³-hybridized carbons (Fsp3) is 0.364. The normalized spacial score (nSPS) is 16.3. The molecule has 7 heteroatoms. The van der Waals surface area contributed by atoms with Gasteiger partial charge in [-0.1, -0.05) is 0 Å². The van der Waals surface area contributed by atoms with E-state index in [0.29, 0.717) is 34.6 Å². The first-order chi connectivity index (χ1) is 14.1. The summed E-state index contributed by atoms with van der Waals surface area (Å²) < 4.78 is 21.9. The molecule has 1 aromatic heterocycles. The molecule has 29 heavy (non-hydrogen) atoms. The minimum atomic E-state index is -0.444. The van der Waals surface area contributed by atoms with E-state index in [2.05, 4.69) is 5.32 Å². The Morgan fingerprint density at radius 3 is 2.79 bits per heavy atom. The third kappa shape index (κ3) is 3.91. The zero-order chi connectivity index (χ0) is 20.4. The number of hydrogen-bond donors (Lipinski definition) is 1. The Kier molecular flexibility index (Phi) is 5.40. The molecule has 152 valence electrons. The highest BCUT2D eigenvalue weighted by atomic mass is 16.5. The third-order valence-electron chi connectivity index (χ3n) is 5.20. The number of carbonyl (C=O) groups is 1. The monoisotopic (exact) mass is 397 g/mol. The summed E-state index contributed by atoms with van der Waals surface area (Å²) >= 11 is 0. The van der Waals surface area contributed by atoms with E-state index in [9.17, 15) is 9.59 Å². The average molecular weight is 397 g/mol. The van der Waals surface area contributed by atoms with Crippen LogP contribution in [0.3, 0.4) is 0 Å². The molecule has 3 aromatic rings. The molecule has 1 unspecified atom stereocenters. The Hall–Kier alpha value is -3.06. The van der Waals surface area contributed by atoms with Crippen LogP contribution in [-0.2, 0) is 9.53 Å². The van der Waals surface area contributed by atoms with Gasteiger partial charge in [0.05, 0.1) is 18.6 Å². The minimum Gasteiger partial charge on any atom is -0.497 e. The van der Waals surface area contributed by atoms with Crippen LogP contribution in [0.15, 0.2) is 39.5 Å². The molecule has 1 amide bonds. The summed E-state index contributed by atoms with van der Waals surface area (Å²) in [5, 5.41) is 4.86. The molecule has 4 rings (SSSR count). The van der Waals surface area contributed by atoms with E-state index in [1.165, 1.54) is 0 Å². The molecule has 0 aliphatic carbocycles. The van der Waals surface area contributed by atoms with E-state index in [-0.39, 0.29) is 18.6 Å². The molecule has 1 aliphatic heterocycles. The topological polar surface area (TPSA) is 87.0 Å². The fourth-order valence-electron chi connectivity index (χ4n) is 3.60. The molecule has 1 aliphatic rings. The second-order valence-electron chi connectivity index (χ2n) is 7.09. The van der Waals surface area contributed by atoms with Crippen molar-refractivity contribution >= 4 is 27.6 Å². The van der Waals surface area contributed by atoms with Crippen molar-refractivity contribution in [1.29, 1.82) is 0 Å². The Balaban J connectivity index is 1.55. The van der Waals surface area contributed by atoms with Crippen molar-refractivity contribution in [3.63, 3.8) is 0 Å². The number of fused-ring (bicyclic) bond motifs is 3. The van der Waals surface area contributed by atoms with Crippen molar-refractivity contribution in [2.45, 2.75) is 25.9 Å². The maximum atomic E-state index is 12.5. The number of benzene rings is 2. The molecule has 1 atom stereocenters. The largest absolute Gasteiger partial charge is 0.497 e. The van der Waals surface area contributed by atoms with Crippen LogP contribution >= 0.6 is 0 Å². The van der Waals surface area contributed by atoms with E-state index in [1.807, 2.05) is 12.1 Å². The van der Waals surface area contributed by atoms with E-state index in [4.69, 9.17) is 18.6 Å². The molecule has 0 spiro atoms. The molecular formula is C22H23NO6. The Morgan fingerprint density at radius 2 is 2.03 bits per heavy atom. The fourth-order valence-corrected chi connectivity index (χ4v) is 3.60. The van der Waals surface area contributed by atoms with Gasteiger partial charge in [0, 0.05) is 29.5 Å². The standard InChI is InChI=1S/C22H23NO6/c1-13-19(28-12-20(24)23-11-15-4-3-9-27-15)8-7-17-16-6-5-14(26-2)10-18(16)22(25)29-21(13)17/h5-8,10,15H,3-4,9,11-12H2,1-2H3,(H,23,24). The van der Waals surface area contributed by atoms with Gasteiger partial charge in [0.2, 0.25) is 0 Å². The smallest absolute Gasteiger partial charge is 0.344 e. The molecule has 1 saturated heterocycles. The van der Waals surface area contributed by atoms with Crippen LogP contribution < -0.4 is 20.4 Å². The summed E-state index contributed by atoms with van der Waals surface area (Å²) in [5.74, 6) is 0.877. The zero-order valence-electron chi connectivity index (χ0n) is 16.4. The lowest BCUT2D eigenvalue weighted by Gasteiger charge is -2.13. The quantitative estimate of drug-likeness (QED) is 0.508. The molecule has 0 saturated carbocycles. The number of nitrogens with one attached hydrogen (secondary N) is 1. The predicted molar refractivity (Wildman–Crippen MR) is 109 cm³/mol. The SMILES string of the molecule is COc1ccc2c(c1)c(=O)oc1c(C)c(OCC(=O)NCC3CCCO3)ccc12. The summed E-state index contributed by atoms with van der Waals surface area (Å²) in [4.78, 5) is 24.5. The van der Waals surface area contributed by atoms with Crippen LogP contribution in [0, 0.1) is 6.92 Å². The van der Waals surface area contributed by atoms with Crippen molar-refractivity contribution in [1.82, 2.24) is 5.32 Å². The number of carbonyl (C=O) groups excluding carboxylic acids is 1. The second kappa shape index (κ2) is 8.13. The molecule has 1 N–H and O–H groups in total. The second-order valence-corrected chi connectivity index (χ2v) is 7.09. The Labute approximate surface area is 167 Å². The minimum absolute atomic E-state index is 0.0857. The van der Waals surface area contributed by atoms with Crippen LogP contribution in [0.5, 0.6) is 11.5 Å². The number of rotatable bonds is 6. The van der Waals surface area contributed by atoms with Gasteiger partial charge in [-0.15, -0.1) is 0 Å². The van der Waals surface area contributed by atoms with E-state index >= 15 is 0 Å². The van der Waals surface area contributed by atoms with Gasteiger partial charge in [0.25, 0.3) is 5.91 Å². The van der Waals surface area contributed by atoms with Gasteiger partial charge in [-0.3, -0.25) is 4.79 Å². The van der Waals surface area contributed by atoms with E-state index < -0.39 is 5.63 Å². The number of methoxy groups -OCH3 is 1. The van der Waals surface area contributed by atoms with E-state index in [1.54, 1.807) is 32.2 Å². The van der Waals surface area contributed by atoms with Crippen molar-refractivity contribution in [3.05, 3.63) is 46.3 Å². The Morgan fingerprint density at radius 1 is 1.21 bits per heavy atom. The van der Waals surface area contributed by atoms with Crippen molar-refractivity contribution < 1.29 is 23.4 Å². The van der Waals surface area contributed by atoms with Gasteiger partial charge >= 0.3 is 5.63 Å². The molecule has 0 radical (unpaired) electrons. The third-order valence-corrected chi connectivity index (χ3v) is 5.20. The van der Waals surface area contributed by atoms with Crippen LogP contribution in [0.2, 0.25) is 0 Å². The maximum absolute atomic E-state index is 12.5. The van der Waals surface area contributed by atoms with Crippen molar-refractivity contribution in [3.8, 4) is 11.5 Å². The molecule has 1 fully saturated rings. The van der Waals surface area contributed by atoms with Gasteiger partial charge in [0.1, 0.15) is 17.1 Å². The summed E-state index contributed by atoms with van der Waals surface area (Å²) in [5.41, 5.74) is 0.676. The van der Waals surface area contributed by atoms with Crippen molar-refractivity contribution in [2.75, 3.05) is 26.9 Å². The molecular weight excluding hydrogens is 374 g/mol. The van der Waals surface area contributed by atoms with Crippen LogP contribution in [-0.4, -0.2) is 38.9 Å². The van der Waals surface area contributed by atoms with Gasteiger partial charge in [-0.2, -0.15) is 0 Å². The lowest BCUT2D eigenvalue weighted by molar-refractivity contribution is -0.123. The van der Waals surface area contributed by atoms with Gasteiger partial charge in [-0.05, 0) is 50.1 Å². The van der Waals surface area contributed by atoms with Crippen LogP contribution in [0.25, 0.3) is 21.7 Å². The predicted octanol–water partition coefficient (Wildman–Crippen LogP) is 2.94. The maximum Gasteiger partial charge on any atom is 0.344 e. The molecule has 2 heterocycles. The first kappa shape index (κ1) is 19.3. The highest BCUT2D eigenvalue weighted by Gasteiger charge is 2.17. The van der Waals surface area contributed by atoms with Gasteiger partial charge < -0.3 is 23.9 Å². The lowest BCUT2D eigenvalue weighted by atomic mass is 10.0. The van der Waals surface area contributed by atoms with Crippen LogP contribution in [0.1, 0.15) is 18.4 Å².